The summed E-state index contributed by atoms with van der Waals surface area (Å²) in [6.45, 7) is 3.79. The Morgan fingerprint density at radius 1 is 1.00 bits per heavy atom. The van der Waals surface area contributed by atoms with Crippen LogP contribution in [0, 0.1) is 0 Å². The van der Waals surface area contributed by atoms with Gasteiger partial charge in [-0.3, -0.25) is 0 Å². The van der Waals surface area contributed by atoms with Crippen molar-refractivity contribution in [3.8, 4) is 11.1 Å². The molecule has 2 aromatic rings. The van der Waals surface area contributed by atoms with E-state index in [2.05, 4.69) is 15.9 Å². The molecule has 2 aromatic carbocycles. The number of carbonyl (C=O) groups is 2. The molecule has 5 heteroatoms. The van der Waals surface area contributed by atoms with E-state index in [0.717, 1.165) is 5.56 Å². The van der Waals surface area contributed by atoms with Gasteiger partial charge >= 0.3 is 11.9 Å². The van der Waals surface area contributed by atoms with Crippen molar-refractivity contribution in [1.29, 1.82) is 0 Å². The summed E-state index contributed by atoms with van der Waals surface area (Å²) in [7, 11) is 0. The predicted molar refractivity (Wildman–Crippen MR) is 102 cm³/mol. The van der Waals surface area contributed by atoms with Crippen LogP contribution in [-0.2, 0) is 9.47 Å². The second-order valence-electron chi connectivity index (χ2n) is 5.08. The van der Waals surface area contributed by atoms with Crippen LogP contribution in [0.4, 0.5) is 0 Å². The van der Waals surface area contributed by atoms with E-state index >= 15 is 0 Å². The van der Waals surface area contributed by atoms with Gasteiger partial charge in [0.25, 0.3) is 0 Å². The summed E-state index contributed by atoms with van der Waals surface area (Å²) in [6, 6.07) is 13.0. The lowest BCUT2D eigenvalue weighted by atomic mass is 9.91. The topological polar surface area (TPSA) is 52.6 Å². The van der Waals surface area contributed by atoms with Gasteiger partial charge in [-0.25, -0.2) is 9.59 Å². The molecular formula is C20H19BrO4. The van der Waals surface area contributed by atoms with E-state index in [-0.39, 0.29) is 23.2 Å². The molecular weight excluding hydrogens is 384 g/mol. The maximum Gasteiger partial charge on any atom is 0.340 e. The van der Waals surface area contributed by atoms with Gasteiger partial charge < -0.3 is 9.47 Å². The maximum absolute atomic E-state index is 12.7. The molecule has 0 saturated heterocycles. The molecule has 0 amide bonds. The highest BCUT2D eigenvalue weighted by Crippen LogP contribution is 2.31. The van der Waals surface area contributed by atoms with E-state index < -0.39 is 11.9 Å². The van der Waals surface area contributed by atoms with E-state index in [9.17, 15) is 9.59 Å². The highest BCUT2D eigenvalue weighted by Gasteiger charge is 2.26. The number of allylic oxidation sites excluding steroid dienone is 1. The van der Waals surface area contributed by atoms with Gasteiger partial charge in [-0.2, -0.15) is 0 Å². The normalized spacial score (nSPS) is 10.7. The zero-order chi connectivity index (χ0) is 18.2. The van der Waals surface area contributed by atoms with E-state index in [0.29, 0.717) is 11.1 Å². The summed E-state index contributed by atoms with van der Waals surface area (Å²) in [5.41, 5.74) is 2.53. The van der Waals surface area contributed by atoms with Crippen LogP contribution >= 0.6 is 15.9 Å². The van der Waals surface area contributed by atoms with Gasteiger partial charge in [-0.15, -0.1) is 0 Å². The van der Waals surface area contributed by atoms with Crippen molar-refractivity contribution in [2.45, 2.75) is 13.8 Å². The Morgan fingerprint density at radius 3 is 2.28 bits per heavy atom. The minimum Gasteiger partial charge on any atom is -0.462 e. The summed E-state index contributed by atoms with van der Waals surface area (Å²) < 4.78 is 10.3. The second kappa shape index (κ2) is 9.18. The highest BCUT2D eigenvalue weighted by molar-refractivity contribution is 9.09. The fraction of sp³-hybridized carbons (Fsp3) is 0.200. The lowest BCUT2D eigenvalue weighted by molar-refractivity contribution is 0.0501. The minimum atomic E-state index is -0.578. The largest absolute Gasteiger partial charge is 0.462 e. The van der Waals surface area contributed by atoms with Crippen molar-refractivity contribution >= 4 is 33.9 Å². The number of carbonyl (C=O) groups excluding carboxylic acids is 2. The molecule has 0 aromatic heterocycles. The van der Waals surface area contributed by atoms with E-state index in [1.807, 2.05) is 43.3 Å². The number of hydrogen-bond donors (Lipinski definition) is 0. The molecule has 0 fully saturated rings. The lowest BCUT2D eigenvalue weighted by Gasteiger charge is -2.16. The molecule has 0 saturated carbocycles. The Balaban J connectivity index is 2.79. The summed E-state index contributed by atoms with van der Waals surface area (Å²) in [5, 5.41) is 0. The highest BCUT2D eigenvalue weighted by atomic mass is 79.9. The van der Waals surface area contributed by atoms with Crippen molar-refractivity contribution in [2.24, 2.45) is 0 Å². The van der Waals surface area contributed by atoms with Crippen LogP contribution in [-0.4, -0.2) is 24.1 Å². The van der Waals surface area contributed by atoms with Crippen molar-refractivity contribution in [3.63, 3.8) is 0 Å². The Labute approximate surface area is 155 Å². The third-order valence-corrected chi connectivity index (χ3v) is 3.77. The van der Waals surface area contributed by atoms with Gasteiger partial charge in [0.2, 0.25) is 0 Å². The SMILES string of the molecule is CC=Cc1ccc(-c2ccccc2)c(C(=O)OCC)c1C(=O)OCBr. The minimum absolute atomic E-state index is 0.0406. The van der Waals surface area contributed by atoms with E-state index in [1.54, 1.807) is 25.1 Å². The van der Waals surface area contributed by atoms with Gasteiger partial charge in [-0.1, -0.05) is 54.6 Å². The van der Waals surface area contributed by atoms with E-state index in [1.165, 1.54) is 0 Å². The Morgan fingerprint density at radius 2 is 1.68 bits per heavy atom. The van der Waals surface area contributed by atoms with Crippen molar-refractivity contribution in [2.75, 3.05) is 12.1 Å². The third-order valence-electron chi connectivity index (χ3n) is 3.54. The van der Waals surface area contributed by atoms with E-state index in [4.69, 9.17) is 9.47 Å². The monoisotopic (exact) mass is 402 g/mol. The quantitative estimate of drug-likeness (QED) is 0.499. The van der Waals surface area contributed by atoms with Crippen molar-refractivity contribution in [1.82, 2.24) is 0 Å². The predicted octanol–water partition coefficient (Wildman–Crippen LogP) is 5.07. The fourth-order valence-electron chi connectivity index (χ4n) is 2.55. The third kappa shape index (κ3) is 4.37. The zero-order valence-electron chi connectivity index (χ0n) is 14.1. The van der Waals surface area contributed by atoms with Gasteiger partial charge in [0.15, 0.2) is 0 Å². The zero-order valence-corrected chi connectivity index (χ0v) is 15.7. The number of benzene rings is 2. The Kier molecular flexibility index (Phi) is 6.95. The molecule has 0 radical (unpaired) electrons. The van der Waals surface area contributed by atoms with Crippen LogP contribution in [0.15, 0.2) is 48.5 Å². The molecule has 4 nitrogen and oxygen atoms in total. The molecule has 0 atom stereocenters. The lowest BCUT2D eigenvalue weighted by Crippen LogP contribution is -2.17. The molecule has 25 heavy (non-hydrogen) atoms. The molecule has 0 N–H and O–H groups in total. The van der Waals surface area contributed by atoms with Gasteiger partial charge in [-0.05, 0) is 46.5 Å². The van der Waals surface area contributed by atoms with Crippen molar-refractivity contribution < 1.29 is 19.1 Å². The average Bonchev–Trinajstić information content (AvgIpc) is 2.62. The maximum atomic E-state index is 12.7. The number of halogens is 1. The second-order valence-corrected chi connectivity index (χ2v) is 5.54. The van der Waals surface area contributed by atoms with Crippen LogP contribution in [0.2, 0.25) is 0 Å². The smallest absolute Gasteiger partial charge is 0.340 e. The molecule has 0 aliphatic heterocycles. The van der Waals surface area contributed by atoms with Crippen molar-refractivity contribution in [3.05, 3.63) is 65.2 Å². The summed E-state index contributed by atoms with van der Waals surface area (Å²) in [5.74, 6) is -1.12. The Hall–Kier alpha value is -2.40. The molecule has 2 rings (SSSR count). The van der Waals surface area contributed by atoms with Crippen LogP contribution in [0.5, 0.6) is 0 Å². The molecule has 0 heterocycles. The first kappa shape index (κ1) is 18.9. The standard InChI is InChI=1S/C20H19BrO4/c1-3-8-15-11-12-16(14-9-6-5-7-10-14)18(20(23)24-4-2)17(15)19(22)25-13-21/h3,5-12H,4,13H2,1-2H3. The van der Waals surface area contributed by atoms with Gasteiger partial charge in [0.1, 0.15) is 5.52 Å². The van der Waals surface area contributed by atoms with Crippen LogP contribution < -0.4 is 0 Å². The fourth-order valence-corrected chi connectivity index (χ4v) is 2.76. The molecule has 0 spiro atoms. The van der Waals surface area contributed by atoms with Gasteiger partial charge in [0, 0.05) is 0 Å². The molecule has 130 valence electrons. The number of alkyl halides is 1. The first-order valence-corrected chi connectivity index (χ1v) is 9.01. The summed E-state index contributed by atoms with van der Waals surface area (Å²) in [6.07, 6.45) is 3.57. The number of ether oxygens (including phenoxy) is 2. The number of hydrogen-bond acceptors (Lipinski definition) is 4. The van der Waals surface area contributed by atoms with Crippen LogP contribution in [0.25, 0.3) is 17.2 Å². The molecule has 0 bridgehead atoms. The average molecular weight is 403 g/mol. The number of rotatable bonds is 6. The molecule has 0 aliphatic carbocycles. The van der Waals surface area contributed by atoms with Crippen LogP contribution in [0.1, 0.15) is 40.1 Å². The first-order valence-electron chi connectivity index (χ1n) is 7.89. The summed E-state index contributed by atoms with van der Waals surface area (Å²) in [4.78, 5) is 25.2. The molecule has 0 unspecified atom stereocenters. The van der Waals surface area contributed by atoms with Gasteiger partial charge in [0.05, 0.1) is 17.7 Å². The molecule has 0 aliphatic rings. The first-order chi connectivity index (χ1) is 12.1. The van der Waals surface area contributed by atoms with Crippen LogP contribution in [0.3, 0.4) is 0 Å². The number of esters is 2. The summed E-state index contributed by atoms with van der Waals surface area (Å²) >= 11 is 3.09. The Bertz CT molecular complexity index is 782.